The molecule has 1 saturated heterocycles. The maximum absolute atomic E-state index is 13.2. The number of carboxylic acid groups (broad SMARTS) is 1. The van der Waals surface area contributed by atoms with Crippen molar-refractivity contribution in [2.45, 2.75) is 76.9 Å². The number of nitrogens with zero attached hydrogens (tertiary/aromatic N) is 4. The molecule has 1 aliphatic heterocycles. The number of nitrogens with one attached hydrogen (secondary N) is 1. The van der Waals surface area contributed by atoms with E-state index < -0.39 is 6.09 Å². The Labute approximate surface area is 189 Å². The van der Waals surface area contributed by atoms with Gasteiger partial charge in [-0.1, -0.05) is 31.4 Å². The number of fused-ring (bicyclic) bond motifs is 1. The molecule has 0 radical (unpaired) electrons. The van der Waals surface area contributed by atoms with Crippen molar-refractivity contribution in [3.8, 4) is 0 Å². The molecular weight excluding hydrogens is 406 g/mol. The molecule has 2 aliphatic rings. The average molecular weight is 442 g/mol. The van der Waals surface area contributed by atoms with Crippen LogP contribution in [0.15, 0.2) is 24.3 Å². The Kier molecular flexibility index (Phi) is 7.17. The quantitative estimate of drug-likeness (QED) is 0.681. The minimum atomic E-state index is -0.988. The summed E-state index contributed by atoms with van der Waals surface area (Å²) in [6.07, 6.45) is 7.12. The van der Waals surface area contributed by atoms with Gasteiger partial charge in [0.15, 0.2) is 0 Å². The number of rotatable bonds is 7. The number of aromatic nitrogens is 2. The van der Waals surface area contributed by atoms with Crippen molar-refractivity contribution in [2.75, 3.05) is 24.5 Å². The molecule has 0 unspecified atom stereocenters. The fraction of sp³-hybridized carbons (Fsp3) is 0.625. The first-order valence-electron chi connectivity index (χ1n) is 12.1. The van der Waals surface area contributed by atoms with E-state index in [0.717, 1.165) is 55.8 Å². The van der Waals surface area contributed by atoms with Crippen molar-refractivity contribution in [2.24, 2.45) is 0 Å². The van der Waals surface area contributed by atoms with Gasteiger partial charge in [0, 0.05) is 44.7 Å². The van der Waals surface area contributed by atoms with Gasteiger partial charge in [-0.25, -0.2) is 9.78 Å². The van der Waals surface area contributed by atoms with E-state index in [1.807, 2.05) is 24.3 Å². The molecule has 2 N–H and O–H groups in total. The zero-order valence-electron chi connectivity index (χ0n) is 19.0. The van der Waals surface area contributed by atoms with Gasteiger partial charge in [-0.05, 0) is 44.7 Å². The third-order valence-corrected chi connectivity index (χ3v) is 6.89. The van der Waals surface area contributed by atoms with Crippen LogP contribution >= 0.6 is 0 Å². The smallest absolute Gasteiger partial charge is 0.404 e. The van der Waals surface area contributed by atoms with Crippen LogP contribution in [0.2, 0.25) is 0 Å². The van der Waals surface area contributed by atoms with E-state index in [1.54, 1.807) is 0 Å². The first-order chi connectivity index (χ1) is 15.6. The molecule has 2 heterocycles. The van der Waals surface area contributed by atoms with Crippen LogP contribution in [0.4, 0.5) is 10.7 Å². The second kappa shape index (κ2) is 10.2. The lowest BCUT2D eigenvalue weighted by molar-refractivity contribution is -0.134. The Balaban J connectivity index is 1.52. The molecule has 32 heavy (non-hydrogen) atoms. The van der Waals surface area contributed by atoms with Gasteiger partial charge in [0.05, 0.1) is 11.0 Å². The molecular formula is C24H35N5O3. The van der Waals surface area contributed by atoms with Gasteiger partial charge in [0.1, 0.15) is 0 Å². The predicted molar refractivity (Wildman–Crippen MR) is 125 cm³/mol. The zero-order valence-corrected chi connectivity index (χ0v) is 19.0. The summed E-state index contributed by atoms with van der Waals surface area (Å²) in [7, 11) is 0. The minimum Gasteiger partial charge on any atom is -0.465 e. The van der Waals surface area contributed by atoms with E-state index in [9.17, 15) is 9.59 Å². The number of piperidine rings is 1. The summed E-state index contributed by atoms with van der Waals surface area (Å²) < 4.78 is 2.14. The van der Waals surface area contributed by atoms with E-state index in [4.69, 9.17) is 10.1 Å². The molecule has 8 nitrogen and oxygen atoms in total. The zero-order chi connectivity index (χ0) is 22.5. The normalized spacial score (nSPS) is 19.8. The molecule has 1 aromatic carbocycles. The first kappa shape index (κ1) is 22.4. The minimum absolute atomic E-state index is 0.113. The van der Waals surface area contributed by atoms with Gasteiger partial charge in [0.25, 0.3) is 0 Å². The highest BCUT2D eigenvalue weighted by atomic mass is 16.4. The van der Waals surface area contributed by atoms with Crippen LogP contribution < -0.4 is 10.2 Å². The largest absolute Gasteiger partial charge is 0.465 e. The number of hydrogen-bond acceptors (Lipinski definition) is 4. The van der Waals surface area contributed by atoms with E-state index >= 15 is 0 Å². The highest BCUT2D eigenvalue weighted by Crippen LogP contribution is 2.27. The molecule has 0 bridgehead atoms. The number of carbonyl (C=O) groups excluding carboxylic acids is 1. The van der Waals surface area contributed by atoms with Crippen molar-refractivity contribution >= 4 is 29.0 Å². The van der Waals surface area contributed by atoms with E-state index in [-0.39, 0.29) is 11.9 Å². The second-order valence-corrected chi connectivity index (χ2v) is 9.01. The lowest BCUT2D eigenvalue weighted by Gasteiger charge is -2.34. The van der Waals surface area contributed by atoms with Gasteiger partial charge in [-0.15, -0.1) is 0 Å². The highest BCUT2D eigenvalue weighted by molar-refractivity contribution is 5.80. The number of imidazole rings is 1. The molecule has 2 fully saturated rings. The summed E-state index contributed by atoms with van der Waals surface area (Å²) in [5.74, 6) is 1.05. The SMILES string of the molecule is CCN(C(=O)CCn1c(N2CCC[C@H](NC(=O)O)C2)nc2ccccc21)C1CCCCC1. The number of hydrogen-bond donors (Lipinski definition) is 2. The van der Waals surface area contributed by atoms with Gasteiger partial charge >= 0.3 is 6.09 Å². The Morgan fingerprint density at radius 2 is 1.94 bits per heavy atom. The lowest BCUT2D eigenvalue weighted by atomic mass is 9.94. The molecule has 4 rings (SSSR count). The fourth-order valence-electron chi connectivity index (χ4n) is 5.36. The lowest BCUT2D eigenvalue weighted by Crippen LogP contribution is -2.48. The number of aryl methyl sites for hydroxylation is 1. The number of para-hydroxylation sites is 2. The van der Waals surface area contributed by atoms with Crippen molar-refractivity contribution < 1.29 is 14.7 Å². The van der Waals surface area contributed by atoms with Gasteiger partial charge in [0.2, 0.25) is 11.9 Å². The Morgan fingerprint density at radius 3 is 2.69 bits per heavy atom. The summed E-state index contributed by atoms with van der Waals surface area (Å²) in [4.78, 5) is 33.4. The van der Waals surface area contributed by atoms with Crippen LogP contribution in [0.1, 0.15) is 58.3 Å². The van der Waals surface area contributed by atoms with Crippen LogP contribution in [-0.2, 0) is 11.3 Å². The molecule has 2 aromatic rings. The summed E-state index contributed by atoms with van der Waals surface area (Å²) in [5, 5.41) is 11.7. The van der Waals surface area contributed by atoms with E-state index in [1.165, 1.54) is 19.3 Å². The summed E-state index contributed by atoms with van der Waals surface area (Å²) in [5.41, 5.74) is 1.92. The molecule has 1 aliphatic carbocycles. The molecule has 8 heteroatoms. The molecule has 0 spiro atoms. The molecule has 1 atom stereocenters. The maximum atomic E-state index is 13.2. The van der Waals surface area contributed by atoms with Crippen LogP contribution in [-0.4, -0.2) is 63.3 Å². The Bertz CT molecular complexity index is 937. The van der Waals surface area contributed by atoms with Crippen molar-refractivity contribution in [3.63, 3.8) is 0 Å². The first-order valence-corrected chi connectivity index (χ1v) is 12.1. The monoisotopic (exact) mass is 441 g/mol. The average Bonchev–Trinajstić information content (AvgIpc) is 3.17. The highest BCUT2D eigenvalue weighted by Gasteiger charge is 2.27. The molecule has 1 aromatic heterocycles. The molecule has 1 saturated carbocycles. The Hall–Kier alpha value is -2.77. The third kappa shape index (κ3) is 5.00. The third-order valence-electron chi connectivity index (χ3n) is 6.89. The number of amides is 2. The van der Waals surface area contributed by atoms with Gasteiger partial charge < -0.3 is 24.8 Å². The van der Waals surface area contributed by atoms with Crippen LogP contribution in [0.25, 0.3) is 11.0 Å². The summed E-state index contributed by atoms with van der Waals surface area (Å²) in [6, 6.07) is 8.28. The van der Waals surface area contributed by atoms with Crippen LogP contribution in [0.3, 0.4) is 0 Å². The summed E-state index contributed by atoms with van der Waals surface area (Å²) >= 11 is 0. The number of carbonyl (C=O) groups is 2. The van der Waals surface area contributed by atoms with Crippen molar-refractivity contribution in [1.29, 1.82) is 0 Å². The van der Waals surface area contributed by atoms with E-state index in [2.05, 4.69) is 26.6 Å². The van der Waals surface area contributed by atoms with Crippen molar-refractivity contribution in [3.05, 3.63) is 24.3 Å². The maximum Gasteiger partial charge on any atom is 0.404 e. The second-order valence-electron chi connectivity index (χ2n) is 9.01. The molecule has 174 valence electrons. The number of benzene rings is 1. The predicted octanol–water partition coefficient (Wildman–Crippen LogP) is 3.84. The van der Waals surface area contributed by atoms with Crippen molar-refractivity contribution in [1.82, 2.24) is 19.8 Å². The number of anilines is 1. The standard InChI is InChI=1S/C24H35N5O3/c1-2-28(19-10-4-3-5-11-19)22(30)14-16-29-21-13-7-6-12-20(21)26-23(29)27-15-8-9-18(17-27)25-24(31)32/h6-7,12-13,18-19,25H,2-5,8-11,14-17H2,1H3,(H,31,32)/t18-/m0/s1. The van der Waals surface area contributed by atoms with Gasteiger partial charge in [-0.2, -0.15) is 0 Å². The topological polar surface area (TPSA) is 90.7 Å². The van der Waals surface area contributed by atoms with Crippen LogP contribution in [0.5, 0.6) is 0 Å². The molecule has 2 amide bonds. The fourth-order valence-corrected chi connectivity index (χ4v) is 5.36. The van der Waals surface area contributed by atoms with Crippen LogP contribution in [0, 0.1) is 0 Å². The summed E-state index contributed by atoms with van der Waals surface area (Å²) in [6.45, 7) is 4.83. The Morgan fingerprint density at radius 1 is 1.16 bits per heavy atom. The van der Waals surface area contributed by atoms with E-state index in [0.29, 0.717) is 25.6 Å². The van der Waals surface area contributed by atoms with Gasteiger partial charge in [-0.3, -0.25) is 4.79 Å².